The molecule has 0 aliphatic heterocycles. The first-order valence-electron chi connectivity index (χ1n) is 1.11. The van der Waals surface area contributed by atoms with Crippen molar-refractivity contribution in [2.24, 2.45) is 0 Å². The van der Waals surface area contributed by atoms with Crippen molar-refractivity contribution >= 4 is 5.97 Å². The van der Waals surface area contributed by atoms with Gasteiger partial charge in [0.25, 0.3) is 0 Å². The third-order valence-corrected chi connectivity index (χ3v) is 1.18. The van der Waals surface area contributed by atoms with Crippen LogP contribution in [0.2, 0.25) is 0 Å². The molecule has 0 aromatic carbocycles. The Morgan fingerprint density at radius 3 is 2.20 bits per heavy atom. The average Bonchev–Trinajstić information content (AvgIpc) is 1.38. The molecule has 2 nitrogen and oxygen atoms in total. The summed E-state index contributed by atoms with van der Waals surface area (Å²) in [6.45, 7) is 1.40. The zero-order valence-corrected chi connectivity index (χ0v) is 6.41. The fourth-order valence-electron chi connectivity index (χ4n) is 0. The maximum atomic E-state index is 9.62. The first-order chi connectivity index (χ1) is 2.27. The second-order valence-corrected chi connectivity index (χ2v) is 1.33. The monoisotopic (exact) mass is 239 g/mol. The molecule has 0 atom stereocenters. The predicted molar refractivity (Wildman–Crippen MR) is 11.8 cm³/mol. The van der Waals surface area contributed by atoms with E-state index in [1.165, 1.54) is 6.92 Å². The molecule has 0 aromatic heterocycles. The molecule has 5 heavy (non-hydrogen) atoms. The van der Waals surface area contributed by atoms with Crippen LogP contribution < -0.4 is 0 Å². The van der Waals surface area contributed by atoms with Crippen molar-refractivity contribution in [3.05, 3.63) is 0 Å². The van der Waals surface area contributed by atoms with E-state index >= 15 is 0 Å². The number of rotatable bonds is 0. The van der Waals surface area contributed by atoms with Gasteiger partial charge in [0.05, 0.1) is 0 Å². The Morgan fingerprint density at radius 1 is 2.00 bits per heavy atom. The third kappa shape index (κ3) is 4.34. The average molecular weight is 238 g/mol. The fourth-order valence-corrected chi connectivity index (χ4v) is 0. The molecule has 0 heterocycles. The standard InChI is InChI=1S/C2H4O2.Hf/c1-2(3)4;/h1H3,(H,3,4);/q;+1/p-1. The molecule has 0 saturated heterocycles. The Balaban J connectivity index is 2.85. The van der Waals surface area contributed by atoms with Crippen LogP contribution in [-0.4, -0.2) is 5.97 Å². The van der Waals surface area contributed by atoms with Crippen LogP contribution in [0.3, 0.4) is 0 Å². The van der Waals surface area contributed by atoms with E-state index in [1.54, 1.807) is 0 Å². The van der Waals surface area contributed by atoms with Gasteiger partial charge in [-0.25, -0.2) is 0 Å². The quantitative estimate of drug-likeness (QED) is 0.555. The summed E-state index contributed by atoms with van der Waals surface area (Å²) in [7, 11) is 0. The number of hydrogen-bond acceptors (Lipinski definition) is 2. The molecule has 0 rings (SSSR count). The molecule has 0 amide bonds. The number of carbonyl (C=O) groups is 1. The van der Waals surface area contributed by atoms with Crippen LogP contribution in [-0.2, 0) is 32.5 Å². The van der Waals surface area contributed by atoms with E-state index in [-0.39, 0.29) is 5.97 Å². The van der Waals surface area contributed by atoms with Gasteiger partial charge in [-0.05, 0) is 0 Å². The molecular weight excluding hydrogens is 235 g/mol. The SMILES string of the molecule is CC(=O)[O][Hf]. The minimum absolute atomic E-state index is 0.184. The van der Waals surface area contributed by atoms with Gasteiger partial charge < -0.3 is 0 Å². The summed E-state index contributed by atoms with van der Waals surface area (Å²) in [6, 6.07) is 0. The van der Waals surface area contributed by atoms with Gasteiger partial charge in [0.1, 0.15) is 0 Å². The van der Waals surface area contributed by atoms with Gasteiger partial charge in [0, 0.05) is 0 Å². The summed E-state index contributed by atoms with van der Waals surface area (Å²) in [5, 5.41) is 0. The third-order valence-electron chi connectivity index (χ3n) is 0.144. The molecule has 0 unspecified atom stereocenters. The van der Waals surface area contributed by atoms with E-state index < -0.39 is 0 Å². The number of carbonyl (C=O) groups excluding carboxylic acids is 1. The summed E-state index contributed by atoms with van der Waals surface area (Å²) >= 11 is 0.524. The first-order valence-corrected chi connectivity index (χ1v) is 2.58. The van der Waals surface area contributed by atoms with Gasteiger partial charge in [0.2, 0.25) is 0 Å². The molecule has 0 radical (unpaired) electrons. The van der Waals surface area contributed by atoms with Crippen LogP contribution in [0.25, 0.3) is 0 Å². The molecular formula is C2H3HfO2. The minimum atomic E-state index is -0.184. The summed E-state index contributed by atoms with van der Waals surface area (Å²) in [5.41, 5.74) is 0. The molecule has 0 aromatic rings. The Hall–Kier alpha value is 0.340. The van der Waals surface area contributed by atoms with Gasteiger partial charge in [-0.2, -0.15) is 0 Å². The van der Waals surface area contributed by atoms with Crippen LogP contribution in [0.4, 0.5) is 0 Å². The Morgan fingerprint density at radius 2 is 2.20 bits per heavy atom. The van der Waals surface area contributed by atoms with E-state index in [2.05, 4.69) is 2.85 Å². The van der Waals surface area contributed by atoms with Crippen molar-refractivity contribution < 1.29 is 32.5 Å². The van der Waals surface area contributed by atoms with Gasteiger partial charge in [-0.3, -0.25) is 0 Å². The molecule has 3 heteroatoms. The van der Waals surface area contributed by atoms with E-state index in [9.17, 15) is 4.79 Å². The second kappa shape index (κ2) is 2.57. The summed E-state index contributed by atoms with van der Waals surface area (Å²) in [4.78, 5) is 9.62. The zero-order valence-electron chi connectivity index (χ0n) is 2.82. The Labute approximate surface area is 45.7 Å². The number of hydrogen-bond donors (Lipinski definition) is 0. The Kier molecular flexibility index (Phi) is 2.75. The molecule has 0 spiro atoms. The van der Waals surface area contributed by atoms with Crippen molar-refractivity contribution in [3.63, 3.8) is 0 Å². The van der Waals surface area contributed by atoms with Crippen LogP contribution in [0.15, 0.2) is 0 Å². The molecule has 0 fully saturated rings. The van der Waals surface area contributed by atoms with Crippen molar-refractivity contribution in [1.82, 2.24) is 0 Å². The van der Waals surface area contributed by atoms with Crippen molar-refractivity contribution in [2.75, 3.05) is 0 Å². The van der Waals surface area contributed by atoms with Gasteiger partial charge >= 0.3 is 45.4 Å². The van der Waals surface area contributed by atoms with Crippen LogP contribution in [0.1, 0.15) is 6.92 Å². The van der Waals surface area contributed by atoms with Crippen molar-refractivity contribution in [2.45, 2.75) is 6.92 Å². The van der Waals surface area contributed by atoms with E-state index in [4.69, 9.17) is 0 Å². The fraction of sp³-hybridized carbons (Fsp3) is 0.500. The van der Waals surface area contributed by atoms with E-state index in [0.717, 1.165) is 0 Å². The predicted octanol–water partition coefficient (Wildman–Crippen LogP) is 0.0113. The normalized spacial score (nSPS) is 6.40. The molecule has 27 valence electrons. The van der Waals surface area contributed by atoms with Gasteiger partial charge in [0.15, 0.2) is 0 Å². The molecule has 0 bridgehead atoms. The topological polar surface area (TPSA) is 26.3 Å². The summed E-state index contributed by atoms with van der Waals surface area (Å²) in [6.07, 6.45) is 0. The van der Waals surface area contributed by atoms with Crippen molar-refractivity contribution in [3.8, 4) is 0 Å². The molecule has 0 saturated carbocycles. The summed E-state index contributed by atoms with van der Waals surface area (Å²) < 4.78 is 4.25. The van der Waals surface area contributed by atoms with E-state index in [1.807, 2.05) is 0 Å². The molecule has 0 aliphatic carbocycles. The van der Waals surface area contributed by atoms with Gasteiger partial charge in [-0.1, -0.05) is 0 Å². The maximum absolute atomic E-state index is 9.62. The van der Waals surface area contributed by atoms with Crippen LogP contribution in [0.5, 0.6) is 0 Å². The zero-order chi connectivity index (χ0) is 4.28. The Bertz CT molecular complexity index is 42.9. The van der Waals surface area contributed by atoms with Gasteiger partial charge in [-0.15, -0.1) is 0 Å². The van der Waals surface area contributed by atoms with Crippen LogP contribution >= 0.6 is 0 Å². The second-order valence-electron chi connectivity index (χ2n) is 0.594. The van der Waals surface area contributed by atoms with E-state index in [0.29, 0.717) is 24.8 Å². The molecule has 0 N–H and O–H groups in total. The van der Waals surface area contributed by atoms with Crippen molar-refractivity contribution in [1.29, 1.82) is 0 Å². The molecule has 0 aliphatic rings. The first kappa shape index (κ1) is 5.34. The van der Waals surface area contributed by atoms with Crippen LogP contribution in [0, 0.1) is 0 Å². The summed E-state index contributed by atoms with van der Waals surface area (Å²) in [5.74, 6) is -0.184.